The van der Waals surface area contributed by atoms with Crippen LogP contribution in [0.5, 0.6) is 0 Å². The summed E-state index contributed by atoms with van der Waals surface area (Å²) in [6.07, 6.45) is 10.9. The van der Waals surface area contributed by atoms with Gasteiger partial charge in [-0.05, 0) is 43.9 Å². The van der Waals surface area contributed by atoms with Crippen LogP contribution in [0.2, 0.25) is 0 Å². The lowest BCUT2D eigenvalue weighted by Gasteiger charge is -2.29. The molecule has 0 atom stereocenters. The minimum absolute atomic E-state index is 0.0434. The largest absolute Gasteiger partial charge is 0.367 e. The standard InChI is InChI=1S/C20H23N5O/c1-3-15-5-4-6-18(11-15)25-20-12-19(21-13-22-20)24-17-9-7-16(8-10-17)23-14(2)26/h1,4-6,11-13,16-17H,7-10H2,2H3,(H,23,26)(H2,21,22,24,25)/t16-,17-. The monoisotopic (exact) mass is 349 g/mol. The Labute approximate surface area is 153 Å². The molecule has 3 rings (SSSR count). The summed E-state index contributed by atoms with van der Waals surface area (Å²) in [5, 5.41) is 9.71. The lowest BCUT2D eigenvalue weighted by Crippen LogP contribution is -2.39. The summed E-state index contributed by atoms with van der Waals surface area (Å²) in [5.74, 6) is 4.17. The molecule has 0 unspecified atom stereocenters. The van der Waals surface area contributed by atoms with Crippen molar-refractivity contribution in [3.05, 3.63) is 42.2 Å². The van der Waals surface area contributed by atoms with Crippen molar-refractivity contribution < 1.29 is 4.79 Å². The van der Waals surface area contributed by atoms with Crippen molar-refractivity contribution in [1.29, 1.82) is 0 Å². The second kappa shape index (κ2) is 8.34. The molecule has 1 amide bonds. The summed E-state index contributed by atoms with van der Waals surface area (Å²) >= 11 is 0. The number of amides is 1. The first-order chi connectivity index (χ1) is 12.6. The van der Waals surface area contributed by atoms with Gasteiger partial charge in [0.1, 0.15) is 18.0 Å². The first-order valence-electron chi connectivity index (χ1n) is 8.82. The van der Waals surface area contributed by atoms with E-state index in [-0.39, 0.29) is 11.9 Å². The number of hydrogen-bond acceptors (Lipinski definition) is 5. The van der Waals surface area contributed by atoms with Crippen molar-refractivity contribution in [2.75, 3.05) is 10.6 Å². The zero-order valence-corrected chi connectivity index (χ0v) is 14.8. The van der Waals surface area contributed by atoms with Crippen LogP contribution in [0.1, 0.15) is 38.2 Å². The molecule has 6 nitrogen and oxygen atoms in total. The van der Waals surface area contributed by atoms with Crippen LogP contribution in [0, 0.1) is 12.3 Å². The van der Waals surface area contributed by atoms with Gasteiger partial charge in [-0.1, -0.05) is 12.0 Å². The van der Waals surface area contributed by atoms with Crippen molar-refractivity contribution in [2.24, 2.45) is 0 Å². The summed E-state index contributed by atoms with van der Waals surface area (Å²) < 4.78 is 0. The van der Waals surface area contributed by atoms with Crippen molar-refractivity contribution >= 4 is 23.2 Å². The Hall–Kier alpha value is -3.07. The van der Waals surface area contributed by atoms with Crippen LogP contribution in [0.4, 0.5) is 17.3 Å². The van der Waals surface area contributed by atoms with Gasteiger partial charge < -0.3 is 16.0 Å². The molecule has 0 saturated heterocycles. The molecule has 1 saturated carbocycles. The Kier molecular flexibility index (Phi) is 5.69. The molecule has 1 aromatic carbocycles. The molecule has 1 aliphatic carbocycles. The third-order valence-electron chi connectivity index (χ3n) is 4.46. The molecule has 2 aromatic rings. The van der Waals surface area contributed by atoms with E-state index in [9.17, 15) is 4.79 Å². The Morgan fingerprint density at radius 1 is 1.12 bits per heavy atom. The van der Waals surface area contributed by atoms with E-state index in [2.05, 4.69) is 31.8 Å². The number of carbonyl (C=O) groups excluding carboxylic acids is 1. The van der Waals surface area contributed by atoms with E-state index in [0.717, 1.165) is 42.8 Å². The van der Waals surface area contributed by atoms with Gasteiger partial charge in [0.05, 0.1) is 0 Å². The number of benzene rings is 1. The Morgan fingerprint density at radius 2 is 1.85 bits per heavy atom. The summed E-state index contributed by atoms with van der Waals surface area (Å²) in [5.41, 5.74) is 1.71. The van der Waals surface area contributed by atoms with Gasteiger partial charge in [0.2, 0.25) is 5.91 Å². The lowest BCUT2D eigenvalue weighted by atomic mass is 9.91. The summed E-state index contributed by atoms with van der Waals surface area (Å²) in [6, 6.07) is 10.2. The summed E-state index contributed by atoms with van der Waals surface area (Å²) in [7, 11) is 0. The number of nitrogens with zero attached hydrogens (tertiary/aromatic N) is 2. The molecule has 3 N–H and O–H groups in total. The van der Waals surface area contributed by atoms with E-state index in [1.54, 1.807) is 13.3 Å². The zero-order valence-electron chi connectivity index (χ0n) is 14.8. The van der Waals surface area contributed by atoms with Crippen LogP contribution in [-0.2, 0) is 4.79 Å². The number of carbonyl (C=O) groups is 1. The van der Waals surface area contributed by atoms with Crippen LogP contribution >= 0.6 is 0 Å². The third-order valence-corrected chi connectivity index (χ3v) is 4.46. The molecule has 26 heavy (non-hydrogen) atoms. The van der Waals surface area contributed by atoms with E-state index in [0.29, 0.717) is 11.9 Å². The fourth-order valence-corrected chi connectivity index (χ4v) is 3.22. The Bertz CT molecular complexity index is 806. The molecule has 1 heterocycles. The van der Waals surface area contributed by atoms with Crippen molar-refractivity contribution in [3.63, 3.8) is 0 Å². The smallest absolute Gasteiger partial charge is 0.217 e. The quantitative estimate of drug-likeness (QED) is 0.723. The molecule has 1 aliphatic rings. The van der Waals surface area contributed by atoms with E-state index in [1.165, 1.54) is 0 Å². The van der Waals surface area contributed by atoms with Crippen LogP contribution in [0.3, 0.4) is 0 Å². The summed E-state index contributed by atoms with van der Waals surface area (Å²) in [4.78, 5) is 19.7. The number of aromatic nitrogens is 2. The van der Waals surface area contributed by atoms with E-state index < -0.39 is 0 Å². The van der Waals surface area contributed by atoms with Gasteiger partial charge in [-0.25, -0.2) is 9.97 Å². The average molecular weight is 349 g/mol. The highest BCUT2D eigenvalue weighted by molar-refractivity contribution is 5.73. The highest BCUT2D eigenvalue weighted by Gasteiger charge is 2.21. The Morgan fingerprint density at radius 3 is 2.58 bits per heavy atom. The first kappa shape index (κ1) is 17.7. The van der Waals surface area contributed by atoms with Crippen LogP contribution in [-0.4, -0.2) is 28.0 Å². The van der Waals surface area contributed by atoms with Crippen LogP contribution in [0.15, 0.2) is 36.7 Å². The summed E-state index contributed by atoms with van der Waals surface area (Å²) in [6.45, 7) is 1.57. The average Bonchev–Trinajstić information content (AvgIpc) is 2.63. The van der Waals surface area contributed by atoms with Gasteiger partial charge in [-0.15, -0.1) is 6.42 Å². The van der Waals surface area contributed by atoms with Gasteiger partial charge >= 0.3 is 0 Å². The maximum absolute atomic E-state index is 11.2. The molecule has 0 spiro atoms. The minimum atomic E-state index is 0.0434. The fraction of sp³-hybridized carbons (Fsp3) is 0.350. The number of hydrogen-bond donors (Lipinski definition) is 3. The third kappa shape index (κ3) is 4.96. The number of nitrogens with one attached hydrogen (secondary N) is 3. The van der Waals surface area contributed by atoms with E-state index in [1.807, 2.05) is 30.3 Å². The van der Waals surface area contributed by atoms with Crippen molar-refractivity contribution in [1.82, 2.24) is 15.3 Å². The molecule has 6 heteroatoms. The van der Waals surface area contributed by atoms with E-state index >= 15 is 0 Å². The zero-order chi connectivity index (χ0) is 18.4. The molecule has 1 fully saturated rings. The lowest BCUT2D eigenvalue weighted by molar-refractivity contribution is -0.119. The SMILES string of the molecule is C#Cc1cccc(Nc2cc(N[C@H]3CC[C@H](NC(C)=O)CC3)ncn2)c1. The molecule has 0 aliphatic heterocycles. The van der Waals surface area contributed by atoms with Gasteiger partial charge in [-0.2, -0.15) is 0 Å². The highest BCUT2D eigenvalue weighted by atomic mass is 16.1. The van der Waals surface area contributed by atoms with Gasteiger partial charge in [0.15, 0.2) is 0 Å². The van der Waals surface area contributed by atoms with Crippen molar-refractivity contribution in [3.8, 4) is 12.3 Å². The van der Waals surface area contributed by atoms with Gasteiger partial charge in [0, 0.05) is 36.3 Å². The number of rotatable bonds is 5. The van der Waals surface area contributed by atoms with Gasteiger partial charge in [0.25, 0.3) is 0 Å². The fourth-order valence-electron chi connectivity index (χ4n) is 3.22. The predicted octanol–water partition coefficient (Wildman–Crippen LogP) is 3.06. The molecule has 0 bridgehead atoms. The first-order valence-corrected chi connectivity index (χ1v) is 8.82. The highest BCUT2D eigenvalue weighted by Crippen LogP contribution is 2.23. The maximum atomic E-state index is 11.2. The molecular weight excluding hydrogens is 326 g/mol. The van der Waals surface area contributed by atoms with Gasteiger partial charge in [-0.3, -0.25) is 4.79 Å². The van der Waals surface area contributed by atoms with Crippen molar-refractivity contribution in [2.45, 2.75) is 44.7 Å². The maximum Gasteiger partial charge on any atom is 0.217 e. The molecule has 1 aromatic heterocycles. The normalized spacial score (nSPS) is 19.2. The molecule has 134 valence electrons. The van der Waals surface area contributed by atoms with Crippen LogP contribution < -0.4 is 16.0 Å². The topological polar surface area (TPSA) is 78.9 Å². The van der Waals surface area contributed by atoms with E-state index in [4.69, 9.17) is 6.42 Å². The Balaban J connectivity index is 1.58. The second-order valence-corrected chi connectivity index (χ2v) is 6.53. The molecule has 0 radical (unpaired) electrons. The number of anilines is 3. The minimum Gasteiger partial charge on any atom is -0.367 e. The number of terminal acetylenes is 1. The molecular formula is C20H23N5O. The predicted molar refractivity (Wildman–Crippen MR) is 103 cm³/mol. The second-order valence-electron chi connectivity index (χ2n) is 6.53. The van der Waals surface area contributed by atoms with Crippen LogP contribution in [0.25, 0.3) is 0 Å².